The second kappa shape index (κ2) is 5.01. The monoisotopic (exact) mass is 241 g/mol. The first-order valence-corrected chi connectivity index (χ1v) is 6.11. The Balaban J connectivity index is 1.90. The molecule has 17 heavy (non-hydrogen) atoms. The van der Waals surface area contributed by atoms with Gasteiger partial charge in [-0.3, -0.25) is 9.69 Å². The van der Waals surface area contributed by atoms with Gasteiger partial charge in [0.25, 0.3) is 5.91 Å². The van der Waals surface area contributed by atoms with Crippen molar-refractivity contribution in [2.75, 3.05) is 26.3 Å². The molecule has 6 nitrogen and oxygen atoms in total. The molecule has 0 aromatic carbocycles. The van der Waals surface area contributed by atoms with E-state index in [0.717, 1.165) is 25.7 Å². The molecule has 3 amide bonds. The highest BCUT2D eigenvalue weighted by atomic mass is 16.5. The summed E-state index contributed by atoms with van der Waals surface area (Å²) in [6, 6.07) is -0.284. The van der Waals surface area contributed by atoms with E-state index in [0.29, 0.717) is 26.3 Å². The maximum atomic E-state index is 12.2. The first-order chi connectivity index (χ1) is 8.19. The van der Waals surface area contributed by atoms with Crippen LogP contribution in [0.5, 0.6) is 0 Å². The van der Waals surface area contributed by atoms with Crippen molar-refractivity contribution in [3.63, 3.8) is 0 Å². The van der Waals surface area contributed by atoms with Gasteiger partial charge in [0.05, 0.1) is 19.8 Å². The number of nitrogens with zero attached hydrogens (tertiary/aromatic N) is 1. The third kappa shape index (κ3) is 2.28. The summed E-state index contributed by atoms with van der Waals surface area (Å²) in [6.07, 6.45) is 3.53. The molecule has 1 spiro atoms. The van der Waals surface area contributed by atoms with E-state index in [1.807, 2.05) is 0 Å². The van der Waals surface area contributed by atoms with E-state index in [2.05, 4.69) is 5.32 Å². The van der Waals surface area contributed by atoms with Crippen LogP contribution in [0.15, 0.2) is 0 Å². The number of nitrogens with one attached hydrogen (secondary N) is 1. The molecule has 2 aliphatic rings. The van der Waals surface area contributed by atoms with Gasteiger partial charge in [0.15, 0.2) is 0 Å². The van der Waals surface area contributed by atoms with E-state index in [4.69, 9.17) is 10.5 Å². The lowest BCUT2D eigenvalue weighted by Crippen LogP contribution is -2.44. The number of amides is 3. The fourth-order valence-electron chi connectivity index (χ4n) is 2.54. The van der Waals surface area contributed by atoms with Crippen LogP contribution in [-0.4, -0.2) is 48.7 Å². The number of nitrogens with two attached hydrogens (primary N) is 1. The van der Waals surface area contributed by atoms with E-state index in [9.17, 15) is 9.59 Å². The van der Waals surface area contributed by atoms with Gasteiger partial charge >= 0.3 is 6.03 Å². The summed E-state index contributed by atoms with van der Waals surface area (Å²) in [5.74, 6) is -0.0867. The molecule has 0 atom stereocenters. The Kier molecular flexibility index (Phi) is 3.63. The molecule has 2 rings (SSSR count). The Labute approximate surface area is 100 Å². The van der Waals surface area contributed by atoms with Gasteiger partial charge in [-0.15, -0.1) is 0 Å². The lowest BCUT2D eigenvalue weighted by molar-refractivity contribution is -0.131. The Morgan fingerprint density at radius 2 is 2.00 bits per heavy atom. The maximum Gasteiger partial charge on any atom is 0.325 e. The van der Waals surface area contributed by atoms with E-state index >= 15 is 0 Å². The molecule has 1 saturated heterocycles. The van der Waals surface area contributed by atoms with Crippen LogP contribution in [-0.2, 0) is 9.53 Å². The zero-order chi connectivity index (χ0) is 12.3. The molecule has 3 N–H and O–H groups in total. The Morgan fingerprint density at radius 1 is 1.29 bits per heavy atom. The highest BCUT2D eigenvalue weighted by Gasteiger charge is 2.52. The lowest BCUT2D eigenvalue weighted by Gasteiger charge is -2.19. The highest BCUT2D eigenvalue weighted by Crippen LogP contribution is 2.34. The topological polar surface area (TPSA) is 84.7 Å². The van der Waals surface area contributed by atoms with Crippen molar-refractivity contribution in [3.05, 3.63) is 0 Å². The van der Waals surface area contributed by atoms with Gasteiger partial charge in [-0.25, -0.2) is 4.79 Å². The molecule has 0 aromatic rings. The van der Waals surface area contributed by atoms with Gasteiger partial charge in [0.2, 0.25) is 0 Å². The summed E-state index contributed by atoms with van der Waals surface area (Å²) in [6.45, 7) is 1.57. The lowest BCUT2D eigenvalue weighted by atomic mass is 9.98. The Bertz CT molecular complexity index is 313. The fraction of sp³-hybridized carbons (Fsp3) is 0.818. The van der Waals surface area contributed by atoms with Crippen LogP contribution in [0.4, 0.5) is 4.79 Å². The number of imide groups is 1. The zero-order valence-electron chi connectivity index (χ0n) is 9.91. The van der Waals surface area contributed by atoms with Crippen molar-refractivity contribution in [1.82, 2.24) is 10.2 Å². The third-order valence-electron chi connectivity index (χ3n) is 3.42. The van der Waals surface area contributed by atoms with Gasteiger partial charge in [-0.2, -0.15) is 0 Å². The van der Waals surface area contributed by atoms with Crippen LogP contribution >= 0.6 is 0 Å². The molecule has 6 heteroatoms. The molecule has 96 valence electrons. The van der Waals surface area contributed by atoms with E-state index in [1.54, 1.807) is 0 Å². The second-order valence-electron chi connectivity index (χ2n) is 4.58. The molecule has 2 fully saturated rings. The minimum atomic E-state index is -0.606. The van der Waals surface area contributed by atoms with E-state index in [1.165, 1.54) is 4.90 Å². The number of hydrogen-bond acceptors (Lipinski definition) is 4. The van der Waals surface area contributed by atoms with Crippen LogP contribution in [0, 0.1) is 0 Å². The number of carbonyl (C=O) groups is 2. The molecule has 1 aliphatic heterocycles. The second-order valence-corrected chi connectivity index (χ2v) is 4.58. The summed E-state index contributed by atoms with van der Waals surface area (Å²) >= 11 is 0. The fourth-order valence-corrected chi connectivity index (χ4v) is 2.54. The molecule has 0 bridgehead atoms. The quantitative estimate of drug-likeness (QED) is 0.517. The third-order valence-corrected chi connectivity index (χ3v) is 3.42. The van der Waals surface area contributed by atoms with Gasteiger partial charge in [0, 0.05) is 6.54 Å². The minimum absolute atomic E-state index is 0.0867. The number of ether oxygens (including phenoxy) is 1. The van der Waals surface area contributed by atoms with E-state index < -0.39 is 5.54 Å². The smallest absolute Gasteiger partial charge is 0.325 e. The molecular weight excluding hydrogens is 222 g/mol. The Morgan fingerprint density at radius 3 is 2.65 bits per heavy atom. The average molecular weight is 241 g/mol. The zero-order valence-corrected chi connectivity index (χ0v) is 9.91. The first-order valence-electron chi connectivity index (χ1n) is 6.11. The number of rotatable bonds is 5. The number of carbonyl (C=O) groups excluding carboxylic acids is 2. The predicted molar refractivity (Wildman–Crippen MR) is 61.3 cm³/mol. The summed E-state index contributed by atoms with van der Waals surface area (Å²) in [5, 5.41) is 2.83. The Hall–Kier alpha value is -1.14. The summed E-state index contributed by atoms with van der Waals surface area (Å²) in [4.78, 5) is 25.2. The summed E-state index contributed by atoms with van der Waals surface area (Å²) in [5.41, 5.74) is 4.68. The SMILES string of the molecule is NCCOCCN1C(=O)NC2(CCCC2)C1=O. The molecule has 1 saturated carbocycles. The molecule has 1 heterocycles. The molecule has 1 aliphatic carbocycles. The van der Waals surface area contributed by atoms with Crippen LogP contribution in [0.3, 0.4) is 0 Å². The van der Waals surface area contributed by atoms with Crippen molar-refractivity contribution in [2.24, 2.45) is 5.73 Å². The molecular formula is C11H19N3O3. The van der Waals surface area contributed by atoms with Gasteiger partial charge in [0.1, 0.15) is 5.54 Å². The van der Waals surface area contributed by atoms with Crippen LogP contribution in [0.2, 0.25) is 0 Å². The molecule has 0 unspecified atom stereocenters. The van der Waals surface area contributed by atoms with E-state index in [-0.39, 0.29) is 11.9 Å². The van der Waals surface area contributed by atoms with Crippen molar-refractivity contribution >= 4 is 11.9 Å². The summed E-state index contributed by atoms with van der Waals surface area (Å²) in [7, 11) is 0. The van der Waals surface area contributed by atoms with Gasteiger partial charge in [-0.05, 0) is 12.8 Å². The van der Waals surface area contributed by atoms with Crippen molar-refractivity contribution < 1.29 is 14.3 Å². The van der Waals surface area contributed by atoms with Crippen LogP contribution < -0.4 is 11.1 Å². The number of urea groups is 1. The van der Waals surface area contributed by atoms with Gasteiger partial charge in [-0.1, -0.05) is 12.8 Å². The van der Waals surface area contributed by atoms with Crippen molar-refractivity contribution in [2.45, 2.75) is 31.2 Å². The molecule has 0 aromatic heterocycles. The highest BCUT2D eigenvalue weighted by molar-refractivity contribution is 6.07. The van der Waals surface area contributed by atoms with Crippen LogP contribution in [0.25, 0.3) is 0 Å². The maximum absolute atomic E-state index is 12.2. The van der Waals surface area contributed by atoms with Crippen molar-refractivity contribution in [1.29, 1.82) is 0 Å². The largest absolute Gasteiger partial charge is 0.378 e. The standard InChI is InChI=1S/C11H19N3O3/c12-5-7-17-8-6-14-9(15)11(13-10(14)16)3-1-2-4-11/h1-8,12H2,(H,13,16). The van der Waals surface area contributed by atoms with Gasteiger partial charge < -0.3 is 15.8 Å². The first kappa shape index (κ1) is 12.3. The molecule has 0 radical (unpaired) electrons. The predicted octanol–water partition coefficient (Wildman–Crippen LogP) is -0.174. The summed E-state index contributed by atoms with van der Waals surface area (Å²) < 4.78 is 5.19. The normalized spacial score (nSPS) is 22.5. The average Bonchev–Trinajstić information content (AvgIpc) is 2.85. The number of hydrogen-bond donors (Lipinski definition) is 2. The van der Waals surface area contributed by atoms with Crippen LogP contribution in [0.1, 0.15) is 25.7 Å². The minimum Gasteiger partial charge on any atom is -0.378 e. The van der Waals surface area contributed by atoms with Crippen molar-refractivity contribution in [3.8, 4) is 0 Å².